The fraction of sp³-hybridized carbons (Fsp3) is 0.250. The molecule has 1 nitrogen and oxygen atoms in total. The Morgan fingerprint density at radius 1 is 1.06 bits per heavy atom. The number of hydrogen-bond acceptors (Lipinski definition) is 1. The zero-order chi connectivity index (χ0) is 12.4. The standard InChI is InChI=1S/C16H17O/c1-11-8-9-14(13(3)10-11)16-12(2)6-5-7-15(16)17-4/h5,7-10H,1-4H3. The molecule has 2 rings (SSSR count). The van der Waals surface area contributed by atoms with Crippen molar-refractivity contribution in [2.45, 2.75) is 20.8 Å². The van der Waals surface area contributed by atoms with Gasteiger partial charge >= 0.3 is 0 Å². The Kier molecular flexibility index (Phi) is 3.19. The van der Waals surface area contributed by atoms with Crippen LogP contribution < -0.4 is 4.74 Å². The minimum Gasteiger partial charge on any atom is -0.496 e. The van der Waals surface area contributed by atoms with Crippen LogP contribution in [0.15, 0.2) is 30.3 Å². The Balaban J connectivity index is 2.67. The first-order valence-electron chi connectivity index (χ1n) is 5.76. The molecule has 0 aliphatic heterocycles. The molecule has 17 heavy (non-hydrogen) atoms. The van der Waals surface area contributed by atoms with E-state index in [-0.39, 0.29) is 0 Å². The molecular weight excluding hydrogens is 208 g/mol. The van der Waals surface area contributed by atoms with Crippen molar-refractivity contribution in [3.63, 3.8) is 0 Å². The number of benzene rings is 2. The second-order valence-corrected chi connectivity index (χ2v) is 4.36. The Morgan fingerprint density at radius 2 is 1.82 bits per heavy atom. The average molecular weight is 225 g/mol. The highest BCUT2D eigenvalue weighted by molar-refractivity contribution is 5.76. The number of aryl methyl sites for hydroxylation is 3. The zero-order valence-electron chi connectivity index (χ0n) is 10.8. The second kappa shape index (κ2) is 4.62. The van der Waals surface area contributed by atoms with E-state index in [9.17, 15) is 0 Å². The molecule has 0 heterocycles. The molecule has 0 spiro atoms. The van der Waals surface area contributed by atoms with Crippen LogP contribution >= 0.6 is 0 Å². The van der Waals surface area contributed by atoms with E-state index in [4.69, 9.17) is 4.74 Å². The molecule has 0 amide bonds. The van der Waals surface area contributed by atoms with Gasteiger partial charge in [-0.25, -0.2) is 0 Å². The number of hydrogen-bond donors (Lipinski definition) is 0. The zero-order valence-corrected chi connectivity index (χ0v) is 10.8. The van der Waals surface area contributed by atoms with Gasteiger partial charge in [0.2, 0.25) is 0 Å². The molecule has 0 bridgehead atoms. The Bertz CT molecular complexity index is 541. The maximum Gasteiger partial charge on any atom is 0.127 e. The van der Waals surface area contributed by atoms with Crippen molar-refractivity contribution in [2.75, 3.05) is 7.11 Å². The summed E-state index contributed by atoms with van der Waals surface area (Å²) in [5.41, 5.74) is 6.04. The summed E-state index contributed by atoms with van der Waals surface area (Å²) in [6.07, 6.45) is 0. The van der Waals surface area contributed by atoms with Crippen molar-refractivity contribution in [2.24, 2.45) is 0 Å². The van der Waals surface area contributed by atoms with Gasteiger partial charge in [0.15, 0.2) is 0 Å². The first kappa shape index (κ1) is 11.7. The topological polar surface area (TPSA) is 9.23 Å². The summed E-state index contributed by atoms with van der Waals surface area (Å²) in [4.78, 5) is 0. The van der Waals surface area contributed by atoms with Crippen molar-refractivity contribution in [1.29, 1.82) is 0 Å². The van der Waals surface area contributed by atoms with Crippen molar-refractivity contribution >= 4 is 0 Å². The third-order valence-electron chi connectivity index (χ3n) is 3.03. The highest BCUT2D eigenvalue weighted by atomic mass is 16.5. The molecule has 2 aromatic carbocycles. The quantitative estimate of drug-likeness (QED) is 0.748. The van der Waals surface area contributed by atoms with E-state index >= 15 is 0 Å². The molecule has 0 atom stereocenters. The van der Waals surface area contributed by atoms with E-state index in [1.54, 1.807) is 7.11 Å². The Labute approximate surface area is 103 Å². The minimum atomic E-state index is 0.910. The van der Waals surface area contributed by atoms with Crippen LogP contribution in [0.25, 0.3) is 11.1 Å². The molecule has 1 heteroatoms. The van der Waals surface area contributed by atoms with E-state index in [2.05, 4.69) is 45.0 Å². The van der Waals surface area contributed by atoms with Crippen molar-refractivity contribution in [3.05, 3.63) is 53.1 Å². The summed E-state index contributed by atoms with van der Waals surface area (Å²) >= 11 is 0. The molecule has 2 aromatic rings. The van der Waals surface area contributed by atoms with Gasteiger partial charge < -0.3 is 4.74 Å². The van der Waals surface area contributed by atoms with Crippen LogP contribution in [-0.4, -0.2) is 7.11 Å². The van der Waals surface area contributed by atoms with Crippen LogP contribution in [0.4, 0.5) is 0 Å². The average Bonchev–Trinajstić information content (AvgIpc) is 2.30. The number of methoxy groups -OCH3 is 1. The predicted molar refractivity (Wildman–Crippen MR) is 71.5 cm³/mol. The normalized spacial score (nSPS) is 10.4. The lowest BCUT2D eigenvalue weighted by molar-refractivity contribution is 0.416. The van der Waals surface area contributed by atoms with Crippen molar-refractivity contribution < 1.29 is 4.74 Å². The summed E-state index contributed by atoms with van der Waals surface area (Å²) < 4.78 is 5.45. The molecule has 87 valence electrons. The predicted octanol–water partition coefficient (Wildman–Crippen LogP) is 4.09. The van der Waals surface area contributed by atoms with Crippen LogP contribution in [0.5, 0.6) is 5.75 Å². The second-order valence-electron chi connectivity index (χ2n) is 4.36. The fourth-order valence-electron chi connectivity index (χ4n) is 2.18. The van der Waals surface area contributed by atoms with Crippen molar-refractivity contribution in [3.8, 4) is 16.9 Å². The summed E-state index contributed by atoms with van der Waals surface area (Å²) in [6.45, 7) is 6.31. The van der Waals surface area contributed by atoms with Gasteiger partial charge in [-0.05, 0) is 49.6 Å². The van der Waals surface area contributed by atoms with Gasteiger partial charge in [-0.3, -0.25) is 0 Å². The maximum atomic E-state index is 5.45. The van der Waals surface area contributed by atoms with Crippen LogP contribution in [0.2, 0.25) is 0 Å². The highest BCUT2D eigenvalue weighted by Crippen LogP contribution is 2.34. The van der Waals surface area contributed by atoms with Gasteiger partial charge in [0.05, 0.1) is 7.11 Å². The lowest BCUT2D eigenvalue weighted by Gasteiger charge is -2.14. The number of ether oxygens (including phenoxy) is 1. The van der Waals surface area contributed by atoms with E-state index in [0.29, 0.717) is 0 Å². The van der Waals surface area contributed by atoms with Gasteiger partial charge in [-0.2, -0.15) is 0 Å². The van der Waals surface area contributed by atoms with Gasteiger partial charge in [-0.15, -0.1) is 0 Å². The lowest BCUT2D eigenvalue weighted by Crippen LogP contribution is -1.93. The molecule has 0 aromatic heterocycles. The van der Waals surface area contributed by atoms with Gasteiger partial charge in [-0.1, -0.05) is 29.8 Å². The third-order valence-corrected chi connectivity index (χ3v) is 3.03. The van der Waals surface area contributed by atoms with E-state index in [1.165, 1.54) is 16.7 Å². The first-order chi connectivity index (χ1) is 8.13. The molecule has 0 N–H and O–H groups in total. The van der Waals surface area contributed by atoms with Crippen LogP contribution in [0.1, 0.15) is 16.7 Å². The van der Waals surface area contributed by atoms with Gasteiger partial charge in [0, 0.05) is 5.56 Å². The highest BCUT2D eigenvalue weighted by Gasteiger charge is 2.10. The van der Waals surface area contributed by atoms with E-state index in [0.717, 1.165) is 16.9 Å². The monoisotopic (exact) mass is 225 g/mol. The van der Waals surface area contributed by atoms with Crippen LogP contribution in [0, 0.1) is 26.8 Å². The Hall–Kier alpha value is -1.76. The lowest BCUT2D eigenvalue weighted by atomic mass is 9.94. The first-order valence-corrected chi connectivity index (χ1v) is 5.76. The molecule has 0 aliphatic carbocycles. The van der Waals surface area contributed by atoms with Crippen LogP contribution in [0.3, 0.4) is 0 Å². The largest absolute Gasteiger partial charge is 0.496 e. The summed E-state index contributed by atoms with van der Waals surface area (Å²) in [5.74, 6) is 0.910. The van der Waals surface area contributed by atoms with E-state index < -0.39 is 0 Å². The molecule has 0 saturated carbocycles. The molecule has 0 aliphatic rings. The molecule has 1 radical (unpaired) electrons. The molecule has 0 fully saturated rings. The maximum absolute atomic E-state index is 5.45. The summed E-state index contributed by atoms with van der Waals surface area (Å²) in [5, 5.41) is 0. The smallest absolute Gasteiger partial charge is 0.127 e. The fourth-order valence-corrected chi connectivity index (χ4v) is 2.18. The summed E-state index contributed by atoms with van der Waals surface area (Å²) in [7, 11) is 1.71. The molecule has 0 unspecified atom stereocenters. The SMILES string of the molecule is COc1cc[c]c(C)c1-c1ccc(C)cc1C. The number of rotatable bonds is 2. The van der Waals surface area contributed by atoms with E-state index in [1.807, 2.05) is 12.1 Å². The van der Waals surface area contributed by atoms with Crippen LogP contribution in [-0.2, 0) is 0 Å². The molecular formula is C16H17O. The van der Waals surface area contributed by atoms with Gasteiger partial charge in [0.25, 0.3) is 0 Å². The molecule has 0 saturated heterocycles. The summed E-state index contributed by atoms with van der Waals surface area (Å²) in [6, 6.07) is 13.6. The Morgan fingerprint density at radius 3 is 2.47 bits per heavy atom. The van der Waals surface area contributed by atoms with Gasteiger partial charge in [0.1, 0.15) is 5.75 Å². The minimum absolute atomic E-state index is 0.910. The third kappa shape index (κ3) is 2.19. The van der Waals surface area contributed by atoms with Crippen molar-refractivity contribution in [1.82, 2.24) is 0 Å².